The van der Waals surface area contributed by atoms with Gasteiger partial charge in [0.25, 0.3) is 5.91 Å². The predicted molar refractivity (Wildman–Crippen MR) is 92.9 cm³/mol. The van der Waals surface area contributed by atoms with Gasteiger partial charge in [0, 0.05) is 12.0 Å². The molecule has 1 aliphatic heterocycles. The first-order valence-corrected chi connectivity index (χ1v) is 9.17. The number of sulfonamides is 1. The van der Waals surface area contributed by atoms with Crippen molar-refractivity contribution < 1.29 is 17.9 Å². The smallest absolute Gasteiger partial charge is 0.255 e. The number of hydrogen-bond donors (Lipinski definition) is 2. The van der Waals surface area contributed by atoms with Crippen LogP contribution in [0.4, 0.5) is 0 Å². The fraction of sp³-hybridized carbons (Fsp3) is 0.176. The quantitative estimate of drug-likeness (QED) is 0.786. The van der Waals surface area contributed by atoms with Crippen molar-refractivity contribution in [2.45, 2.75) is 11.3 Å². The van der Waals surface area contributed by atoms with Crippen molar-refractivity contribution in [1.82, 2.24) is 10.1 Å². The second-order valence-corrected chi connectivity index (χ2v) is 7.09. The summed E-state index contributed by atoms with van der Waals surface area (Å²) in [4.78, 5) is 12.0. The van der Waals surface area contributed by atoms with E-state index in [-0.39, 0.29) is 4.90 Å². The van der Waals surface area contributed by atoms with E-state index in [1.807, 2.05) is 24.3 Å². The van der Waals surface area contributed by atoms with Crippen molar-refractivity contribution >= 4 is 21.6 Å². The van der Waals surface area contributed by atoms with Crippen LogP contribution in [-0.4, -0.2) is 33.2 Å². The Bertz CT molecular complexity index is 895. The lowest BCUT2D eigenvalue weighted by atomic mass is 10.0. The molecule has 0 radical (unpaired) electrons. The highest BCUT2D eigenvalue weighted by molar-refractivity contribution is 7.89. The highest BCUT2D eigenvalue weighted by Gasteiger charge is 2.17. The van der Waals surface area contributed by atoms with Gasteiger partial charge in [-0.15, -0.1) is 0 Å². The lowest BCUT2D eigenvalue weighted by Crippen LogP contribution is -2.35. The van der Waals surface area contributed by atoms with Gasteiger partial charge in [-0.05, 0) is 24.3 Å². The second-order valence-electron chi connectivity index (χ2n) is 5.33. The van der Waals surface area contributed by atoms with Gasteiger partial charge in [0.15, 0.2) is 0 Å². The summed E-state index contributed by atoms with van der Waals surface area (Å²) >= 11 is 0. The highest BCUT2D eigenvalue weighted by Crippen LogP contribution is 2.24. The first-order valence-electron chi connectivity index (χ1n) is 7.68. The van der Waals surface area contributed by atoms with E-state index in [2.05, 4.69) is 15.2 Å². The Kier molecular flexibility index (Phi) is 5.11. The maximum atomic E-state index is 12.1. The maximum Gasteiger partial charge on any atom is 0.255 e. The minimum Gasteiger partial charge on any atom is -0.492 e. The van der Waals surface area contributed by atoms with Crippen LogP contribution >= 0.6 is 0 Å². The molecule has 1 heterocycles. The number of hydrogen-bond acceptors (Lipinski definition) is 5. The van der Waals surface area contributed by atoms with E-state index in [1.54, 1.807) is 18.2 Å². The lowest BCUT2D eigenvalue weighted by molar-refractivity contribution is -0.119. The third-order valence-corrected chi connectivity index (χ3v) is 5.00. The number of fused-ring (bicyclic) bond motifs is 1. The Hall–Kier alpha value is -2.71. The molecule has 2 aromatic carbocycles. The molecule has 2 aromatic rings. The van der Waals surface area contributed by atoms with Crippen molar-refractivity contribution in [2.75, 3.05) is 13.2 Å². The average molecular weight is 359 g/mol. The minimum absolute atomic E-state index is 0.104. The molecule has 0 bridgehead atoms. The summed E-state index contributed by atoms with van der Waals surface area (Å²) in [5, 5.41) is 4.10. The Balaban J connectivity index is 1.61. The van der Waals surface area contributed by atoms with Gasteiger partial charge in [-0.3, -0.25) is 4.79 Å². The van der Waals surface area contributed by atoms with Crippen LogP contribution < -0.4 is 14.9 Å². The molecule has 0 fully saturated rings. The van der Waals surface area contributed by atoms with Gasteiger partial charge in [-0.1, -0.05) is 30.3 Å². The Labute approximate surface area is 145 Å². The Morgan fingerprint density at radius 3 is 2.60 bits per heavy atom. The molecule has 1 amide bonds. The first kappa shape index (κ1) is 17.1. The first-order chi connectivity index (χ1) is 12.1. The van der Waals surface area contributed by atoms with Crippen LogP contribution in [0.1, 0.15) is 12.0 Å². The molecule has 2 N–H and O–H groups in total. The van der Waals surface area contributed by atoms with Crippen LogP contribution in [0.5, 0.6) is 5.75 Å². The van der Waals surface area contributed by atoms with E-state index >= 15 is 0 Å². The second kappa shape index (κ2) is 7.45. The van der Waals surface area contributed by atoms with Crippen molar-refractivity contribution in [3.05, 3.63) is 60.2 Å². The normalized spacial score (nSPS) is 15.3. The largest absolute Gasteiger partial charge is 0.492 e. The molecule has 130 valence electrons. The summed E-state index contributed by atoms with van der Waals surface area (Å²) in [6.45, 7) is 0.0819. The zero-order valence-electron chi connectivity index (χ0n) is 13.3. The molecule has 0 saturated heterocycles. The number of carbonyl (C=O) groups is 1. The fourth-order valence-corrected chi connectivity index (χ4v) is 3.36. The van der Waals surface area contributed by atoms with Crippen molar-refractivity contribution in [1.29, 1.82) is 0 Å². The standard InChI is InChI=1S/C17H17N3O4S/c21-17(12-18-25(22,23)13-6-2-1-3-7-13)20-19-15-10-11-24-16-9-5-4-8-14(15)16/h1-9,18H,10-12H2,(H,20,21)/b19-15-. The molecule has 3 rings (SSSR count). The molecule has 7 nitrogen and oxygen atoms in total. The number of nitrogens with one attached hydrogen (secondary N) is 2. The number of amides is 1. The topological polar surface area (TPSA) is 96.9 Å². The molecule has 0 unspecified atom stereocenters. The van der Waals surface area contributed by atoms with Gasteiger partial charge in [0.05, 0.1) is 23.8 Å². The molecule has 8 heteroatoms. The molecule has 0 spiro atoms. The monoisotopic (exact) mass is 359 g/mol. The Morgan fingerprint density at radius 1 is 1.08 bits per heavy atom. The van der Waals surface area contributed by atoms with Gasteiger partial charge in [0.2, 0.25) is 10.0 Å². The zero-order valence-corrected chi connectivity index (χ0v) is 14.1. The zero-order chi connectivity index (χ0) is 17.7. The molecule has 0 atom stereocenters. The number of para-hydroxylation sites is 1. The third-order valence-electron chi connectivity index (χ3n) is 3.59. The van der Waals surface area contributed by atoms with Gasteiger partial charge >= 0.3 is 0 Å². The number of nitrogens with zero attached hydrogens (tertiary/aromatic N) is 1. The van der Waals surface area contributed by atoms with Gasteiger partial charge < -0.3 is 4.74 Å². The number of carbonyl (C=O) groups excluding carboxylic acids is 1. The van der Waals surface area contributed by atoms with Crippen molar-refractivity contribution in [2.24, 2.45) is 5.10 Å². The molecular weight excluding hydrogens is 342 g/mol. The summed E-state index contributed by atoms with van der Waals surface area (Å²) in [6, 6.07) is 15.3. The summed E-state index contributed by atoms with van der Waals surface area (Å²) in [5.74, 6) is 0.169. The van der Waals surface area contributed by atoms with Crippen LogP contribution in [0.25, 0.3) is 0 Å². The van der Waals surface area contributed by atoms with Gasteiger partial charge in [-0.2, -0.15) is 5.10 Å². The van der Waals surface area contributed by atoms with Gasteiger partial charge in [-0.25, -0.2) is 18.6 Å². The summed E-state index contributed by atoms with van der Waals surface area (Å²) in [6.07, 6.45) is 0.563. The fourth-order valence-electron chi connectivity index (χ4n) is 2.35. The van der Waals surface area contributed by atoms with Crippen LogP contribution in [0.3, 0.4) is 0 Å². The van der Waals surface area contributed by atoms with Crippen LogP contribution in [0, 0.1) is 0 Å². The predicted octanol–water partition coefficient (Wildman–Crippen LogP) is 1.27. The molecule has 25 heavy (non-hydrogen) atoms. The lowest BCUT2D eigenvalue weighted by Gasteiger charge is -2.18. The highest BCUT2D eigenvalue weighted by atomic mass is 32.2. The minimum atomic E-state index is -3.73. The number of rotatable bonds is 5. The number of benzene rings is 2. The van der Waals surface area contributed by atoms with E-state index in [4.69, 9.17) is 4.74 Å². The third kappa shape index (κ3) is 4.23. The van der Waals surface area contributed by atoms with Crippen molar-refractivity contribution in [3.8, 4) is 5.75 Å². The van der Waals surface area contributed by atoms with E-state index in [1.165, 1.54) is 12.1 Å². The van der Waals surface area contributed by atoms with Crippen LogP contribution in [-0.2, 0) is 14.8 Å². The molecule has 0 saturated carbocycles. The number of ether oxygens (including phenoxy) is 1. The van der Waals surface area contributed by atoms with E-state index < -0.39 is 22.5 Å². The summed E-state index contributed by atoms with van der Waals surface area (Å²) < 4.78 is 31.9. The SMILES string of the molecule is O=C(CNS(=O)(=O)c1ccccc1)N/N=C1/CCOc2ccccc21. The van der Waals surface area contributed by atoms with Crippen molar-refractivity contribution in [3.63, 3.8) is 0 Å². The average Bonchev–Trinajstić information content (AvgIpc) is 2.65. The van der Waals surface area contributed by atoms with Gasteiger partial charge in [0.1, 0.15) is 5.75 Å². The number of hydrazone groups is 1. The van der Waals surface area contributed by atoms with Crippen LogP contribution in [0.2, 0.25) is 0 Å². The maximum absolute atomic E-state index is 12.1. The molecular formula is C17H17N3O4S. The van der Waals surface area contributed by atoms with E-state index in [0.717, 1.165) is 5.56 Å². The molecule has 1 aliphatic rings. The van der Waals surface area contributed by atoms with E-state index in [9.17, 15) is 13.2 Å². The molecule has 0 aliphatic carbocycles. The molecule has 0 aromatic heterocycles. The summed E-state index contributed by atoms with van der Waals surface area (Å²) in [7, 11) is -3.73. The van der Waals surface area contributed by atoms with Crippen LogP contribution in [0.15, 0.2) is 64.6 Å². The van der Waals surface area contributed by atoms with E-state index in [0.29, 0.717) is 24.5 Å². The summed E-state index contributed by atoms with van der Waals surface area (Å²) in [5.41, 5.74) is 3.90. The Morgan fingerprint density at radius 2 is 1.80 bits per heavy atom.